The standard InChI is InChI=1S/C22H24N4O5S2/c1-13(27)16-6-4-8-18(10-16)24-22(28)17-7-5-9-26(12-17)33(29,30)20-11-19(32-14(20)2)21-23-15(3)31-25-21/h4,6,8,10-11,17H,5,7,9,12H2,1-3H3,(H,24,28). The molecule has 1 atom stereocenters. The van der Waals surface area contributed by atoms with Crippen molar-refractivity contribution in [2.24, 2.45) is 5.92 Å². The molecule has 174 valence electrons. The number of ketones is 1. The second kappa shape index (κ2) is 9.16. The van der Waals surface area contributed by atoms with Crippen LogP contribution in [0.15, 0.2) is 39.8 Å². The zero-order valence-electron chi connectivity index (χ0n) is 18.5. The first-order chi connectivity index (χ1) is 15.6. The summed E-state index contributed by atoms with van der Waals surface area (Å²) in [6, 6.07) is 8.27. The van der Waals surface area contributed by atoms with Crippen LogP contribution in [0.1, 0.15) is 40.9 Å². The summed E-state index contributed by atoms with van der Waals surface area (Å²) in [5.74, 6) is -0.0965. The minimum Gasteiger partial charge on any atom is -0.339 e. The molecule has 0 radical (unpaired) electrons. The highest BCUT2D eigenvalue weighted by molar-refractivity contribution is 7.89. The average molecular weight is 489 g/mol. The van der Waals surface area contributed by atoms with E-state index >= 15 is 0 Å². The Kier molecular flexibility index (Phi) is 6.46. The predicted molar refractivity (Wildman–Crippen MR) is 124 cm³/mol. The van der Waals surface area contributed by atoms with Gasteiger partial charge in [0.1, 0.15) is 0 Å². The third-order valence-electron chi connectivity index (χ3n) is 5.53. The number of piperidine rings is 1. The fourth-order valence-electron chi connectivity index (χ4n) is 3.81. The van der Waals surface area contributed by atoms with E-state index in [4.69, 9.17) is 4.52 Å². The van der Waals surface area contributed by atoms with Crippen LogP contribution in [-0.2, 0) is 14.8 Å². The summed E-state index contributed by atoms with van der Waals surface area (Å²) >= 11 is 1.29. The number of carbonyl (C=O) groups excluding carboxylic acids is 2. The van der Waals surface area contributed by atoms with E-state index in [0.29, 0.717) is 52.1 Å². The molecule has 2 aromatic heterocycles. The van der Waals surface area contributed by atoms with Gasteiger partial charge in [0.25, 0.3) is 0 Å². The molecule has 3 heterocycles. The maximum absolute atomic E-state index is 13.4. The van der Waals surface area contributed by atoms with E-state index in [9.17, 15) is 18.0 Å². The lowest BCUT2D eigenvalue weighted by Crippen LogP contribution is -2.43. The molecule has 0 spiro atoms. The fourth-order valence-corrected chi connectivity index (χ4v) is 6.81. The second-order valence-electron chi connectivity index (χ2n) is 8.00. The molecule has 0 saturated carbocycles. The molecular formula is C22H24N4O5S2. The van der Waals surface area contributed by atoms with Gasteiger partial charge in [0.05, 0.1) is 15.7 Å². The normalized spacial score (nSPS) is 17.1. The number of hydrogen-bond acceptors (Lipinski definition) is 8. The molecule has 1 N–H and O–H groups in total. The molecule has 1 aliphatic heterocycles. The summed E-state index contributed by atoms with van der Waals surface area (Å²) in [6.07, 6.45) is 1.16. The fraction of sp³-hybridized carbons (Fsp3) is 0.364. The zero-order chi connectivity index (χ0) is 23.8. The van der Waals surface area contributed by atoms with Crippen molar-refractivity contribution in [1.29, 1.82) is 0 Å². The van der Waals surface area contributed by atoms with Crippen molar-refractivity contribution in [3.8, 4) is 10.7 Å². The lowest BCUT2D eigenvalue weighted by Gasteiger charge is -2.31. The number of rotatable bonds is 6. The van der Waals surface area contributed by atoms with Gasteiger partial charge in [-0.1, -0.05) is 17.3 Å². The van der Waals surface area contributed by atoms with Crippen LogP contribution < -0.4 is 5.32 Å². The van der Waals surface area contributed by atoms with Gasteiger partial charge in [-0.05, 0) is 44.9 Å². The molecule has 1 fully saturated rings. The summed E-state index contributed by atoms with van der Waals surface area (Å²) in [5.41, 5.74) is 1.02. The van der Waals surface area contributed by atoms with Crippen molar-refractivity contribution in [3.05, 3.63) is 46.7 Å². The van der Waals surface area contributed by atoms with E-state index in [0.717, 1.165) is 0 Å². The lowest BCUT2D eigenvalue weighted by atomic mass is 9.98. The Labute approximate surface area is 195 Å². The Hall–Kier alpha value is -2.89. The number of thiophene rings is 1. The van der Waals surface area contributed by atoms with Crippen molar-refractivity contribution < 1.29 is 22.5 Å². The monoisotopic (exact) mass is 488 g/mol. The number of carbonyl (C=O) groups is 2. The van der Waals surface area contributed by atoms with Gasteiger partial charge in [-0.15, -0.1) is 11.3 Å². The number of nitrogens with zero attached hydrogens (tertiary/aromatic N) is 3. The van der Waals surface area contributed by atoms with Gasteiger partial charge in [0.15, 0.2) is 5.78 Å². The van der Waals surface area contributed by atoms with Gasteiger partial charge >= 0.3 is 0 Å². The number of benzene rings is 1. The van der Waals surface area contributed by atoms with Gasteiger partial charge in [0.2, 0.25) is 27.6 Å². The third kappa shape index (κ3) is 4.90. The molecule has 4 rings (SSSR count). The molecular weight excluding hydrogens is 464 g/mol. The molecule has 1 aromatic carbocycles. The summed E-state index contributed by atoms with van der Waals surface area (Å²) < 4.78 is 33.2. The Balaban J connectivity index is 1.51. The number of amides is 1. The number of aryl methyl sites for hydroxylation is 2. The van der Waals surface area contributed by atoms with Crippen LogP contribution in [0.4, 0.5) is 5.69 Å². The van der Waals surface area contributed by atoms with Crippen molar-refractivity contribution in [2.75, 3.05) is 18.4 Å². The van der Waals surface area contributed by atoms with E-state index in [-0.39, 0.29) is 23.1 Å². The van der Waals surface area contributed by atoms with Crippen molar-refractivity contribution in [2.45, 2.75) is 38.5 Å². The van der Waals surface area contributed by atoms with Crippen LogP contribution in [0.25, 0.3) is 10.7 Å². The summed E-state index contributed by atoms with van der Waals surface area (Å²) in [7, 11) is -3.80. The molecule has 1 amide bonds. The molecule has 0 bridgehead atoms. The smallest absolute Gasteiger partial charge is 0.244 e. The molecule has 0 aliphatic carbocycles. The number of anilines is 1. The molecule has 11 heteroatoms. The first kappa shape index (κ1) is 23.3. The summed E-state index contributed by atoms with van der Waals surface area (Å²) in [5, 5.41) is 6.69. The highest BCUT2D eigenvalue weighted by atomic mass is 32.2. The van der Waals surface area contributed by atoms with Crippen LogP contribution in [0.5, 0.6) is 0 Å². The van der Waals surface area contributed by atoms with E-state index in [2.05, 4.69) is 15.5 Å². The highest BCUT2D eigenvalue weighted by Gasteiger charge is 2.35. The Bertz CT molecular complexity index is 1310. The number of sulfonamides is 1. The zero-order valence-corrected chi connectivity index (χ0v) is 20.1. The highest BCUT2D eigenvalue weighted by Crippen LogP contribution is 2.35. The SMILES string of the molecule is CC(=O)c1cccc(NC(=O)C2CCCN(S(=O)(=O)c3cc(-c4noc(C)n4)sc3C)C2)c1. The molecule has 1 unspecified atom stereocenters. The summed E-state index contributed by atoms with van der Waals surface area (Å²) in [6.45, 7) is 5.31. The van der Waals surface area contributed by atoms with Gasteiger partial charge in [-0.2, -0.15) is 9.29 Å². The minimum atomic E-state index is -3.80. The van der Waals surface area contributed by atoms with E-state index in [1.807, 2.05) is 0 Å². The predicted octanol–water partition coefficient (Wildman–Crippen LogP) is 3.66. The topological polar surface area (TPSA) is 122 Å². The average Bonchev–Trinajstić information content (AvgIpc) is 3.40. The number of hydrogen-bond donors (Lipinski definition) is 1. The Morgan fingerprint density at radius 1 is 1.24 bits per heavy atom. The van der Waals surface area contributed by atoms with Crippen LogP contribution in [0.2, 0.25) is 0 Å². The maximum Gasteiger partial charge on any atom is 0.244 e. The van der Waals surface area contributed by atoms with Crippen LogP contribution in [-0.4, -0.2) is 47.6 Å². The van der Waals surface area contributed by atoms with Gasteiger partial charge in [0, 0.05) is 36.1 Å². The van der Waals surface area contributed by atoms with Crippen molar-refractivity contribution in [1.82, 2.24) is 14.4 Å². The summed E-state index contributed by atoms with van der Waals surface area (Å²) in [4.78, 5) is 30.1. The maximum atomic E-state index is 13.4. The van der Waals surface area contributed by atoms with Crippen LogP contribution >= 0.6 is 11.3 Å². The van der Waals surface area contributed by atoms with Crippen LogP contribution in [0, 0.1) is 19.8 Å². The van der Waals surface area contributed by atoms with Crippen molar-refractivity contribution in [3.63, 3.8) is 0 Å². The Morgan fingerprint density at radius 3 is 2.73 bits per heavy atom. The van der Waals surface area contributed by atoms with Gasteiger partial charge < -0.3 is 9.84 Å². The third-order valence-corrected chi connectivity index (χ3v) is 8.70. The molecule has 33 heavy (non-hydrogen) atoms. The first-order valence-electron chi connectivity index (χ1n) is 10.5. The number of Topliss-reactive ketones (excluding diaryl/α,β-unsaturated/α-hetero) is 1. The molecule has 9 nitrogen and oxygen atoms in total. The first-order valence-corrected chi connectivity index (χ1v) is 12.7. The van der Waals surface area contributed by atoms with Crippen LogP contribution in [0.3, 0.4) is 0 Å². The Morgan fingerprint density at radius 2 is 2.03 bits per heavy atom. The van der Waals surface area contributed by atoms with Crippen molar-refractivity contribution >= 4 is 38.7 Å². The van der Waals surface area contributed by atoms with E-state index in [1.165, 1.54) is 22.6 Å². The lowest BCUT2D eigenvalue weighted by molar-refractivity contribution is -0.120. The van der Waals surface area contributed by atoms with Gasteiger partial charge in [-0.3, -0.25) is 9.59 Å². The number of aromatic nitrogens is 2. The van der Waals surface area contributed by atoms with Gasteiger partial charge in [-0.25, -0.2) is 8.42 Å². The second-order valence-corrected chi connectivity index (χ2v) is 11.2. The van der Waals surface area contributed by atoms with E-state index in [1.54, 1.807) is 44.2 Å². The minimum absolute atomic E-state index is 0.0898. The molecule has 1 saturated heterocycles. The molecule has 1 aliphatic rings. The van der Waals surface area contributed by atoms with E-state index < -0.39 is 15.9 Å². The number of nitrogens with one attached hydrogen (secondary N) is 1. The quantitative estimate of drug-likeness (QED) is 0.525. The molecule has 3 aromatic rings. The largest absolute Gasteiger partial charge is 0.339 e.